The van der Waals surface area contributed by atoms with Crippen LogP contribution in [0.3, 0.4) is 0 Å². The van der Waals surface area contributed by atoms with E-state index in [-0.39, 0.29) is 12.3 Å². The average Bonchev–Trinajstić information content (AvgIpc) is 3.20. The molecule has 0 aliphatic carbocycles. The fourth-order valence-corrected chi connectivity index (χ4v) is 4.09. The first kappa shape index (κ1) is 18.1. The van der Waals surface area contributed by atoms with Crippen molar-refractivity contribution in [2.75, 3.05) is 6.61 Å². The number of hydrogen-bond acceptors (Lipinski definition) is 4. The van der Waals surface area contributed by atoms with Crippen molar-refractivity contribution in [3.05, 3.63) is 94.5 Å². The van der Waals surface area contributed by atoms with E-state index >= 15 is 0 Å². The SMILES string of the molecule is CCOc1ccc(C2=NN3[C@@H](c4ccc(Cl)cc4)Oc4ccccc4[C@@H]3C2)cc1. The molecule has 2 aliphatic heterocycles. The summed E-state index contributed by atoms with van der Waals surface area (Å²) in [5.41, 5.74) is 4.36. The minimum Gasteiger partial charge on any atom is -0.494 e. The predicted octanol–water partition coefficient (Wildman–Crippen LogP) is 5.98. The van der Waals surface area contributed by atoms with E-state index in [1.54, 1.807) is 0 Å². The lowest BCUT2D eigenvalue weighted by Gasteiger charge is -2.38. The van der Waals surface area contributed by atoms with Crippen LogP contribution in [0.2, 0.25) is 5.02 Å². The number of benzene rings is 3. The Hall–Kier alpha value is -2.98. The molecule has 0 saturated carbocycles. The number of rotatable bonds is 4. The number of ether oxygens (including phenoxy) is 2. The van der Waals surface area contributed by atoms with E-state index in [1.165, 1.54) is 5.56 Å². The zero-order chi connectivity index (χ0) is 19.8. The number of hydrogen-bond donors (Lipinski definition) is 0. The van der Waals surface area contributed by atoms with Gasteiger partial charge in [0.05, 0.1) is 18.4 Å². The monoisotopic (exact) mass is 404 g/mol. The van der Waals surface area contributed by atoms with Crippen molar-refractivity contribution >= 4 is 17.3 Å². The van der Waals surface area contributed by atoms with Gasteiger partial charge in [-0.2, -0.15) is 5.10 Å². The molecular formula is C24H21ClN2O2. The van der Waals surface area contributed by atoms with Crippen molar-refractivity contribution < 1.29 is 9.47 Å². The van der Waals surface area contributed by atoms with Gasteiger partial charge in [-0.3, -0.25) is 0 Å². The van der Waals surface area contributed by atoms with Crippen molar-refractivity contribution in [3.63, 3.8) is 0 Å². The molecule has 29 heavy (non-hydrogen) atoms. The third kappa shape index (κ3) is 3.34. The molecule has 3 aromatic carbocycles. The molecule has 0 bridgehead atoms. The second-order valence-electron chi connectivity index (χ2n) is 7.16. The van der Waals surface area contributed by atoms with Gasteiger partial charge in [-0.05, 0) is 55.0 Å². The highest BCUT2D eigenvalue weighted by Crippen LogP contribution is 2.47. The van der Waals surface area contributed by atoms with Crippen LogP contribution in [0.5, 0.6) is 11.5 Å². The van der Waals surface area contributed by atoms with Crippen LogP contribution in [-0.2, 0) is 0 Å². The zero-order valence-corrected chi connectivity index (χ0v) is 16.8. The van der Waals surface area contributed by atoms with E-state index in [2.05, 4.69) is 29.3 Å². The largest absolute Gasteiger partial charge is 0.494 e. The summed E-state index contributed by atoms with van der Waals surface area (Å²) in [7, 11) is 0. The molecule has 0 unspecified atom stereocenters. The first-order valence-corrected chi connectivity index (χ1v) is 10.2. The number of halogens is 1. The molecule has 2 aliphatic rings. The van der Waals surface area contributed by atoms with Gasteiger partial charge >= 0.3 is 0 Å². The Balaban J connectivity index is 1.52. The van der Waals surface area contributed by atoms with Gasteiger partial charge in [0.1, 0.15) is 11.5 Å². The van der Waals surface area contributed by atoms with Gasteiger partial charge < -0.3 is 9.47 Å². The van der Waals surface area contributed by atoms with E-state index in [0.717, 1.165) is 34.8 Å². The van der Waals surface area contributed by atoms with E-state index < -0.39 is 0 Å². The van der Waals surface area contributed by atoms with Crippen LogP contribution in [0.1, 0.15) is 42.3 Å². The van der Waals surface area contributed by atoms with E-state index in [0.29, 0.717) is 11.6 Å². The van der Waals surface area contributed by atoms with Crippen LogP contribution in [-0.4, -0.2) is 17.3 Å². The molecule has 4 nitrogen and oxygen atoms in total. The maximum absolute atomic E-state index is 6.36. The molecule has 0 amide bonds. The molecule has 0 radical (unpaired) electrons. The van der Waals surface area contributed by atoms with Gasteiger partial charge in [-0.15, -0.1) is 0 Å². The molecule has 0 aromatic heterocycles. The Labute approximate surface area is 175 Å². The number of hydrazone groups is 1. The van der Waals surface area contributed by atoms with Crippen molar-refractivity contribution in [2.45, 2.75) is 25.6 Å². The van der Waals surface area contributed by atoms with E-state index in [4.69, 9.17) is 26.2 Å². The van der Waals surface area contributed by atoms with E-state index in [9.17, 15) is 0 Å². The highest BCUT2D eigenvalue weighted by Gasteiger charge is 2.40. The molecule has 0 spiro atoms. The maximum atomic E-state index is 6.36. The molecular weight excluding hydrogens is 384 g/mol. The van der Waals surface area contributed by atoms with Crippen molar-refractivity contribution in [1.82, 2.24) is 5.01 Å². The van der Waals surface area contributed by atoms with Gasteiger partial charge in [0, 0.05) is 22.6 Å². The Bertz CT molecular complexity index is 1050. The lowest BCUT2D eigenvalue weighted by atomic mass is 9.96. The second kappa shape index (κ2) is 7.45. The normalized spacial score (nSPS) is 19.8. The van der Waals surface area contributed by atoms with Crippen molar-refractivity contribution in [3.8, 4) is 11.5 Å². The third-order valence-electron chi connectivity index (χ3n) is 5.35. The first-order valence-electron chi connectivity index (χ1n) is 9.83. The topological polar surface area (TPSA) is 34.1 Å². The minimum atomic E-state index is -0.285. The summed E-state index contributed by atoms with van der Waals surface area (Å²) in [6.07, 6.45) is 0.547. The highest BCUT2D eigenvalue weighted by atomic mass is 35.5. The van der Waals surface area contributed by atoms with Gasteiger partial charge in [-0.1, -0.05) is 41.9 Å². The number of nitrogens with zero attached hydrogens (tertiary/aromatic N) is 2. The fourth-order valence-electron chi connectivity index (χ4n) is 3.97. The van der Waals surface area contributed by atoms with Gasteiger partial charge in [0.25, 0.3) is 0 Å². The molecule has 5 heteroatoms. The molecule has 2 heterocycles. The third-order valence-corrected chi connectivity index (χ3v) is 5.60. The quantitative estimate of drug-likeness (QED) is 0.536. The lowest BCUT2D eigenvalue weighted by Crippen LogP contribution is -2.33. The molecule has 0 fully saturated rings. The zero-order valence-electron chi connectivity index (χ0n) is 16.1. The molecule has 5 rings (SSSR count). The summed E-state index contributed by atoms with van der Waals surface area (Å²) in [5.74, 6) is 1.79. The molecule has 0 N–H and O–H groups in total. The maximum Gasteiger partial charge on any atom is 0.213 e. The highest BCUT2D eigenvalue weighted by molar-refractivity contribution is 6.30. The Morgan fingerprint density at radius 2 is 1.79 bits per heavy atom. The second-order valence-corrected chi connectivity index (χ2v) is 7.60. The number of para-hydroxylation sites is 1. The number of fused-ring (bicyclic) bond motifs is 3. The van der Waals surface area contributed by atoms with Crippen LogP contribution in [0.25, 0.3) is 0 Å². The summed E-state index contributed by atoms with van der Waals surface area (Å²) in [6.45, 7) is 2.65. The van der Waals surface area contributed by atoms with E-state index in [1.807, 2.05) is 55.5 Å². The van der Waals surface area contributed by atoms with Crippen LogP contribution >= 0.6 is 11.6 Å². The van der Waals surface area contributed by atoms with Gasteiger partial charge in [0.15, 0.2) is 0 Å². The summed E-state index contributed by atoms with van der Waals surface area (Å²) in [4.78, 5) is 0. The lowest BCUT2D eigenvalue weighted by molar-refractivity contribution is -0.0190. The van der Waals surface area contributed by atoms with Crippen LogP contribution in [0.4, 0.5) is 0 Å². The molecule has 0 saturated heterocycles. The smallest absolute Gasteiger partial charge is 0.213 e. The minimum absolute atomic E-state index is 0.141. The summed E-state index contributed by atoms with van der Waals surface area (Å²) in [5, 5.41) is 7.78. The van der Waals surface area contributed by atoms with Crippen LogP contribution < -0.4 is 9.47 Å². The fraction of sp³-hybridized carbons (Fsp3) is 0.208. The van der Waals surface area contributed by atoms with Crippen molar-refractivity contribution in [1.29, 1.82) is 0 Å². The summed E-state index contributed by atoms with van der Waals surface area (Å²) in [6, 6.07) is 24.3. The van der Waals surface area contributed by atoms with Crippen molar-refractivity contribution in [2.24, 2.45) is 5.10 Å². The standard InChI is InChI=1S/C24H21ClN2O2/c1-2-28-19-13-9-16(10-14-19)21-15-22-20-5-3-4-6-23(20)29-24(27(22)26-21)17-7-11-18(25)12-8-17/h3-14,22,24H,2,15H2,1H3/t22-,24+/m0/s1. The summed E-state index contributed by atoms with van der Waals surface area (Å²) < 4.78 is 11.9. The Morgan fingerprint density at radius 3 is 2.55 bits per heavy atom. The first-order chi connectivity index (χ1) is 14.2. The van der Waals surface area contributed by atoms with Gasteiger partial charge in [0.2, 0.25) is 6.23 Å². The summed E-state index contributed by atoms with van der Waals surface area (Å²) >= 11 is 6.09. The molecule has 3 aromatic rings. The Morgan fingerprint density at radius 1 is 1.03 bits per heavy atom. The van der Waals surface area contributed by atoms with Gasteiger partial charge in [-0.25, -0.2) is 5.01 Å². The average molecular weight is 405 g/mol. The van der Waals surface area contributed by atoms with Crippen LogP contribution in [0.15, 0.2) is 77.9 Å². The molecule has 146 valence electrons. The Kier molecular flexibility index (Phi) is 4.64. The predicted molar refractivity (Wildman–Crippen MR) is 115 cm³/mol. The van der Waals surface area contributed by atoms with Crippen LogP contribution in [0, 0.1) is 0 Å². The molecule has 2 atom stereocenters.